The number of hydrogen-bond donors (Lipinski definition) is 5. The maximum atomic E-state index is 13.1. The number of esters is 2. The van der Waals surface area contributed by atoms with E-state index in [0.29, 0.717) is 6.42 Å². The molecule has 0 rings (SSSR count). The number of rotatable bonds is 40. The Hall–Kier alpha value is -3.07. The van der Waals surface area contributed by atoms with Gasteiger partial charge in [-0.3, -0.25) is 23.4 Å². The van der Waals surface area contributed by atoms with Crippen LogP contribution in [0.1, 0.15) is 129 Å². The van der Waals surface area contributed by atoms with Crippen molar-refractivity contribution < 1.29 is 52.6 Å². The summed E-state index contributed by atoms with van der Waals surface area (Å²) in [6.07, 6.45) is 40.9. The summed E-state index contributed by atoms with van der Waals surface area (Å²) in [5.74, 6) is -2.38. The van der Waals surface area contributed by atoms with Gasteiger partial charge in [0, 0.05) is 30.4 Å². The second kappa shape index (κ2) is 41.0. The molecule has 348 valence electrons. The van der Waals surface area contributed by atoms with Crippen LogP contribution in [0.25, 0.3) is 0 Å². The van der Waals surface area contributed by atoms with Crippen molar-refractivity contribution in [2.75, 3.05) is 32.1 Å². The molecule has 5 atom stereocenters. The monoisotopic (exact) mass is 896 g/mol. The van der Waals surface area contributed by atoms with Gasteiger partial charge in [-0.2, -0.15) is 0 Å². The van der Waals surface area contributed by atoms with Gasteiger partial charge in [-0.15, -0.1) is 11.8 Å². The minimum Gasteiger partial charge on any atom is -0.481 e. The van der Waals surface area contributed by atoms with Crippen molar-refractivity contribution >= 4 is 37.5 Å². The molecule has 0 amide bonds. The van der Waals surface area contributed by atoms with Crippen molar-refractivity contribution in [3.05, 3.63) is 85.1 Å². The van der Waals surface area contributed by atoms with E-state index >= 15 is 0 Å². The van der Waals surface area contributed by atoms with Crippen LogP contribution in [-0.2, 0) is 37.5 Å². The first kappa shape index (κ1) is 57.9. The molecule has 0 fully saturated rings. The molecule has 0 radical (unpaired) electrons. The maximum absolute atomic E-state index is 13.1. The van der Waals surface area contributed by atoms with Crippen LogP contribution in [0.15, 0.2) is 85.1 Å². The summed E-state index contributed by atoms with van der Waals surface area (Å²) in [5, 5.41) is 19.4. The van der Waals surface area contributed by atoms with Gasteiger partial charge in [0.25, 0.3) is 0 Å². The first-order valence-corrected chi connectivity index (χ1v) is 24.5. The molecule has 0 aliphatic rings. The van der Waals surface area contributed by atoms with Gasteiger partial charge < -0.3 is 36.0 Å². The number of thioether (sulfide) groups is 1. The Morgan fingerprint density at radius 3 is 1.89 bits per heavy atom. The van der Waals surface area contributed by atoms with Gasteiger partial charge in [-0.05, 0) is 77.0 Å². The number of carbonyl (C=O) groups is 3. The number of carbonyl (C=O) groups excluding carboxylic acids is 2. The maximum Gasteiger partial charge on any atom is 0.472 e. The van der Waals surface area contributed by atoms with E-state index in [1.807, 2.05) is 24.3 Å². The van der Waals surface area contributed by atoms with Crippen molar-refractivity contribution in [1.82, 2.24) is 0 Å². The number of ether oxygens (including phenoxy) is 2. The molecular formula is C46H77N2O11PS. The highest BCUT2D eigenvalue weighted by Gasteiger charge is 2.28. The first-order chi connectivity index (χ1) is 29.4. The Balaban J connectivity index is 5.19. The van der Waals surface area contributed by atoms with E-state index in [0.717, 1.165) is 44.9 Å². The van der Waals surface area contributed by atoms with Crippen LogP contribution in [0, 0.1) is 0 Å². The Morgan fingerprint density at radius 1 is 0.721 bits per heavy atom. The van der Waals surface area contributed by atoms with Crippen molar-refractivity contribution in [3.8, 4) is 0 Å². The lowest BCUT2D eigenvalue weighted by atomic mass is 10.1. The SMILES string of the molecule is CCCCC/C=C\C\C=C/C=C/C=C/[C@@H](SC[C@H](N)C(=O)O[C@H](COC(=O)CCCC/C=C\C/C=C\C/C=C\CCCCC)COP(=O)(O)OCCN)[C@@H](O)CCCC(=O)O. The molecule has 0 spiro atoms. The molecule has 1 unspecified atom stereocenters. The quantitative estimate of drug-likeness (QED) is 0.0127. The number of carboxylic acids is 1. The third-order valence-electron chi connectivity index (χ3n) is 8.75. The van der Waals surface area contributed by atoms with Crippen LogP contribution in [0.4, 0.5) is 0 Å². The predicted molar refractivity (Wildman–Crippen MR) is 248 cm³/mol. The lowest BCUT2D eigenvalue weighted by molar-refractivity contribution is -0.161. The Bertz CT molecular complexity index is 1400. The Morgan fingerprint density at radius 2 is 1.30 bits per heavy atom. The van der Waals surface area contributed by atoms with E-state index < -0.39 is 62.4 Å². The van der Waals surface area contributed by atoms with Crippen LogP contribution < -0.4 is 11.5 Å². The number of phosphoric acid groups is 1. The van der Waals surface area contributed by atoms with E-state index in [1.54, 1.807) is 12.2 Å². The Labute approximate surface area is 370 Å². The van der Waals surface area contributed by atoms with Crippen molar-refractivity contribution in [2.45, 2.75) is 153 Å². The van der Waals surface area contributed by atoms with Crippen LogP contribution in [0.5, 0.6) is 0 Å². The topological polar surface area (TPSA) is 218 Å². The van der Waals surface area contributed by atoms with Gasteiger partial charge >= 0.3 is 25.7 Å². The highest BCUT2D eigenvalue weighted by Crippen LogP contribution is 2.43. The lowest BCUT2D eigenvalue weighted by Crippen LogP contribution is -2.40. The fraction of sp³-hybridized carbons (Fsp3) is 0.630. The molecule has 0 aromatic rings. The molecule has 0 saturated heterocycles. The highest BCUT2D eigenvalue weighted by molar-refractivity contribution is 8.00. The number of nitrogens with two attached hydrogens (primary N) is 2. The number of hydrogen-bond acceptors (Lipinski definition) is 12. The molecule has 61 heavy (non-hydrogen) atoms. The summed E-state index contributed by atoms with van der Waals surface area (Å²) >= 11 is 1.19. The standard InChI is InChI=1S/C46H77N2O11PS/c1-3-5-7-9-11-13-15-17-18-19-21-23-25-27-29-34-45(52)56-37-40(38-58-60(54,55)57-36-35-47)59-46(53)41(48)39-61-43(42(49)31-30-33-44(50)51)32-28-26-24-22-20-16-14-12-10-8-6-4-2/h11-14,17-18,20-24,26,28,32,40-43,49H,3-10,15-16,19,25,27,29-31,33-39,47-48H2,1-2H3,(H,50,51)(H,54,55)/b13-11-,14-12-,18-17-,22-20-,23-21-,26-24+,32-28+/t40-,41+,42+,43-/m1/s1. The zero-order valence-corrected chi connectivity index (χ0v) is 38.5. The molecule has 0 bridgehead atoms. The third-order valence-corrected chi connectivity index (χ3v) is 11.1. The van der Waals surface area contributed by atoms with E-state index in [1.165, 1.54) is 50.3 Å². The third kappa shape index (κ3) is 38.3. The minimum atomic E-state index is -4.55. The zero-order valence-electron chi connectivity index (χ0n) is 36.8. The highest BCUT2D eigenvalue weighted by atomic mass is 32.2. The van der Waals surface area contributed by atoms with Gasteiger partial charge in [0.15, 0.2) is 6.10 Å². The second-order valence-electron chi connectivity index (χ2n) is 14.4. The van der Waals surface area contributed by atoms with Crippen molar-refractivity contribution in [1.29, 1.82) is 0 Å². The summed E-state index contributed by atoms with van der Waals surface area (Å²) in [5.41, 5.74) is 11.5. The number of aliphatic carboxylic acids is 1. The number of carboxylic acid groups (broad SMARTS) is 1. The fourth-order valence-corrected chi connectivity index (χ4v) is 7.19. The lowest BCUT2D eigenvalue weighted by Gasteiger charge is -2.23. The zero-order chi connectivity index (χ0) is 45.2. The van der Waals surface area contributed by atoms with Crippen molar-refractivity contribution in [2.24, 2.45) is 11.5 Å². The largest absolute Gasteiger partial charge is 0.481 e. The smallest absolute Gasteiger partial charge is 0.472 e. The van der Waals surface area contributed by atoms with E-state index in [2.05, 4.69) is 62.5 Å². The molecule has 15 heteroatoms. The normalized spacial score (nSPS) is 15.5. The molecule has 7 N–H and O–H groups in total. The van der Waals surface area contributed by atoms with Gasteiger partial charge in [-0.1, -0.05) is 125 Å². The average molecular weight is 897 g/mol. The van der Waals surface area contributed by atoms with Gasteiger partial charge in [-0.25, -0.2) is 4.57 Å². The van der Waals surface area contributed by atoms with Gasteiger partial charge in [0.1, 0.15) is 12.6 Å². The summed E-state index contributed by atoms with van der Waals surface area (Å²) in [7, 11) is -4.55. The summed E-state index contributed by atoms with van der Waals surface area (Å²) in [4.78, 5) is 46.7. The van der Waals surface area contributed by atoms with E-state index in [4.69, 9.17) is 35.1 Å². The molecule has 0 aliphatic carbocycles. The van der Waals surface area contributed by atoms with Crippen LogP contribution in [0.3, 0.4) is 0 Å². The van der Waals surface area contributed by atoms with Gasteiger partial charge in [0.05, 0.1) is 19.3 Å². The second-order valence-corrected chi connectivity index (χ2v) is 17.1. The minimum absolute atomic E-state index is 0.00474. The predicted octanol–water partition coefficient (Wildman–Crippen LogP) is 9.36. The summed E-state index contributed by atoms with van der Waals surface area (Å²) in [6, 6.07) is -1.20. The van der Waals surface area contributed by atoms with Crippen LogP contribution in [0.2, 0.25) is 0 Å². The number of unbranched alkanes of at least 4 members (excludes halogenated alkanes) is 8. The fourth-order valence-electron chi connectivity index (χ4n) is 5.30. The number of aliphatic hydroxyl groups excluding tert-OH is 1. The van der Waals surface area contributed by atoms with Crippen molar-refractivity contribution in [3.63, 3.8) is 0 Å². The van der Waals surface area contributed by atoms with Crippen LogP contribution in [-0.4, -0.2) is 88.6 Å². The summed E-state index contributed by atoms with van der Waals surface area (Å²) in [6.45, 7) is 3.01. The summed E-state index contributed by atoms with van der Waals surface area (Å²) < 4.78 is 32.8. The Kier molecular flexibility index (Phi) is 38.9. The molecule has 0 aromatic heterocycles. The molecule has 0 aliphatic heterocycles. The molecule has 13 nitrogen and oxygen atoms in total. The molecule has 0 heterocycles. The number of aliphatic hydroxyl groups is 1. The van der Waals surface area contributed by atoms with E-state index in [-0.39, 0.29) is 44.6 Å². The number of allylic oxidation sites excluding steroid dienone is 13. The average Bonchev–Trinajstić information content (AvgIpc) is 3.23. The van der Waals surface area contributed by atoms with E-state index in [9.17, 15) is 28.9 Å². The molecular weight excluding hydrogens is 820 g/mol. The van der Waals surface area contributed by atoms with Crippen LogP contribution >= 0.6 is 19.6 Å². The number of phosphoric ester groups is 1. The molecule has 0 aromatic carbocycles. The first-order valence-electron chi connectivity index (χ1n) is 22.0. The van der Waals surface area contributed by atoms with Gasteiger partial charge in [0.2, 0.25) is 0 Å². The molecule has 0 saturated carbocycles.